The average Bonchev–Trinajstić information content (AvgIpc) is 2.27. The van der Waals surface area contributed by atoms with Crippen LogP contribution in [0.5, 0.6) is 0 Å². The average molecular weight is 232 g/mol. The summed E-state index contributed by atoms with van der Waals surface area (Å²) in [5.74, 6) is 0.667. The molecule has 0 aliphatic carbocycles. The minimum Gasteiger partial charge on any atom is -0.368 e. The van der Waals surface area contributed by atoms with Crippen LogP contribution in [0.3, 0.4) is 0 Å². The van der Waals surface area contributed by atoms with Crippen LogP contribution >= 0.6 is 0 Å². The Morgan fingerprint density at radius 2 is 2.29 bits per heavy atom. The molecule has 0 saturated heterocycles. The normalized spacial score (nSPS) is 10.0. The van der Waals surface area contributed by atoms with E-state index in [1.54, 1.807) is 12.1 Å². The lowest BCUT2D eigenvalue weighted by atomic mass is 10.2. The van der Waals surface area contributed by atoms with Gasteiger partial charge in [0.2, 0.25) is 5.91 Å². The molecule has 0 radical (unpaired) electrons. The molecule has 1 aromatic rings. The zero-order chi connectivity index (χ0) is 12.8. The van der Waals surface area contributed by atoms with Crippen molar-refractivity contribution in [3.63, 3.8) is 0 Å². The quantitative estimate of drug-likeness (QED) is 0.817. The fraction of sp³-hybridized carbons (Fsp3) is 0.417. The molecule has 0 atom stereocenters. The van der Waals surface area contributed by atoms with E-state index in [0.29, 0.717) is 23.8 Å². The number of hydrogen-bond donors (Lipinski definition) is 1. The van der Waals surface area contributed by atoms with Crippen LogP contribution in [0.25, 0.3) is 0 Å². The van der Waals surface area contributed by atoms with E-state index in [0.717, 1.165) is 0 Å². The van der Waals surface area contributed by atoms with Crippen LogP contribution in [-0.4, -0.2) is 24.0 Å². The maximum absolute atomic E-state index is 11.0. The molecule has 1 aromatic heterocycles. The number of amides is 1. The molecule has 5 nitrogen and oxygen atoms in total. The van der Waals surface area contributed by atoms with Crippen LogP contribution in [-0.2, 0) is 4.79 Å². The van der Waals surface area contributed by atoms with Gasteiger partial charge in [-0.2, -0.15) is 5.26 Å². The lowest BCUT2D eigenvalue weighted by molar-refractivity contribution is -0.116. The van der Waals surface area contributed by atoms with Crippen molar-refractivity contribution in [1.82, 2.24) is 4.98 Å². The summed E-state index contributed by atoms with van der Waals surface area (Å²) in [5, 5.41) is 8.68. The molecular weight excluding hydrogens is 216 g/mol. The summed E-state index contributed by atoms with van der Waals surface area (Å²) in [6, 6.07) is 5.41. The fourth-order valence-corrected chi connectivity index (χ4v) is 1.51. The maximum Gasteiger partial charge on any atom is 0.236 e. The van der Waals surface area contributed by atoms with Crippen molar-refractivity contribution < 1.29 is 4.79 Å². The molecular formula is C12H16N4O. The molecule has 90 valence electrons. The first kappa shape index (κ1) is 13.0. The molecule has 0 saturated carbocycles. The molecule has 17 heavy (non-hydrogen) atoms. The minimum absolute atomic E-state index is 0.136. The van der Waals surface area contributed by atoms with Crippen molar-refractivity contribution in [2.24, 2.45) is 11.7 Å². The number of nitriles is 1. The Bertz CT molecular complexity index is 419. The number of carbonyl (C=O) groups is 1. The summed E-state index contributed by atoms with van der Waals surface area (Å²) in [4.78, 5) is 17.0. The summed E-state index contributed by atoms with van der Waals surface area (Å²) >= 11 is 0. The summed E-state index contributed by atoms with van der Waals surface area (Å²) in [5.41, 5.74) is 5.70. The first-order chi connectivity index (χ1) is 8.02. The number of nitrogens with zero attached hydrogens (tertiary/aromatic N) is 3. The van der Waals surface area contributed by atoms with E-state index < -0.39 is 5.91 Å². The first-order valence-corrected chi connectivity index (χ1v) is 5.42. The van der Waals surface area contributed by atoms with E-state index in [1.807, 2.05) is 11.0 Å². The van der Waals surface area contributed by atoms with Crippen molar-refractivity contribution in [3.05, 3.63) is 23.9 Å². The van der Waals surface area contributed by atoms with Gasteiger partial charge in [0.25, 0.3) is 0 Å². The molecule has 0 aliphatic rings. The van der Waals surface area contributed by atoms with Crippen molar-refractivity contribution >= 4 is 11.7 Å². The minimum atomic E-state index is -0.392. The van der Waals surface area contributed by atoms with E-state index in [2.05, 4.69) is 18.8 Å². The first-order valence-electron chi connectivity index (χ1n) is 5.42. The van der Waals surface area contributed by atoms with Gasteiger partial charge in [-0.15, -0.1) is 0 Å². The zero-order valence-corrected chi connectivity index (χ0v) is 10.1. The van der Waals surface area contributed by atoms with Crippen LogP contribution in [0.1, 0.15) is 19.4 Å². The summed E-state index contributed by atoms with van der Waals surface area (Å²) in [7, 11) is 0. The number of anilines is 1. The lowest BCUT2D eigenvalue weighted by Gasteiger charge is -2.24. The smallest absolute Gasteiger partial charge is 0.236 e. The third-order valence-electron chi connectivity index (χ3n) is 2.13. The van der Waals surface area contributed by atoms with Gasteiger partial charge < -0.3 is 10.6 Å². The van der Waals surface area contributed by atoms with Crippen LogP contribution < -0.4 is 10.6 Å². The van der Waals surface area contributed by atoms with Crippen LogP contribution in [0, 0.1) is 17.2 Å². The number of carbonyl (C=O) groups excluding carboxylic acids is 1. The third-order valence-corrected chi connectivity index (χ3v) is 2.13. The number of aromatic nitrogens is 1. The van der Waals surface area contributed by atoms with E-state index in [4.69, 9.17) is 11.0 Å². The van der Waals surface area contributed by atoms with Gasteiger partial charge in [0.15, 0.2) is 0 Å². The van der Waals surface area contributed by atoms with Crippen LogP contribution in [0.2, 0.25) is 0 Å². The Hall–Kier alpha value is -2.09. The number of nitrogens with two attached hydrogens (primary N) is 1. The standard InChI is InChI=1S/C12H16N4O/c1-9(2)7-16(8-11(14)17)12-4-3-10(5-13)6-15-12/h3-4,6,9H,7-8H2,1-2H3,(H2,14,17). The van der Waals surface area contributed by atoms with Crippen LogP contribution in [0.4, 0.5) is 5.82 Å². The Morgan fingerprint density at radius 3 is 2.71 bits per heavy atom. The molecule has 0 bridgehead atoms. The fourth-order valence-electron chi connectivity index (χ4n) is 1.51. The second-order valence-corrected chi connectivity index (χ2v) is 4.26. The van der Waals surface area contributed by atoms with Gasteiger partial charge in [0, 0.05) is 12.7 Å². The lowest BCUT2D eigenvalue weighted by Crippen LogP contribution is -2.36. The van der Waals surface area contributed by atoms with Gasteiger partial charge in [0.1, 0.15) is 11.9 Å². The van der Waals surface area contributed by atoms with E-state index in [9.17, 15) is 4.79 Å². The summed E-state index contributed by atoms with van der Waals surface area (Å²) < 4.78 is 0. The monoisotopic (exact) mass is 232 g/mol. The number of rotatable bonds is 5. The molecule has 0 fully saturated rings. The summed E-state index contributed by atoms with van der Waals surface area (Å²) in [6.07, 6.45) is 1.49. The highest BCUT2D eigenvalue weighted by molar-refractivity contribution is 5.79. The third kappa shape index (κ3) is 4.11. The van der Waals surface area contributed by atoms with Crippen molar-refractivity contribution in [1.29, 1.82) is 5.26 Å². The van der Waals surface area contributed by atoms with Crippen molar-refractivity contribution in [3.8, 4) is 6.07 Å². The Labute approximate surface area is 101 Å². The van der Waals surface area contributed by atoms with Gasteiger partial charge in [-0.05, 0) is 18.1 Å². The number of primary amides is 1. The second kappa shape index (κ2) is 5.85. The SMILES string of the molecule is CC(C)CN(CC(N)=O)c1ccc(C#N)cn1. The molecule has 0 aromatic carbocycles. The molecule has 2 N–H and O–H groups in total. The highest BCUT2D eigenvalue weighted by Crippen LogP contribution is 2.12. The highest BCUT2D eigenvalue weighted by atomic mass is 16.1. The maximum atomic E-state index is 11.0. The molecule has 5 heteroatoms. The van der Waals surface area contributed by atoms with Gasteiger partial charge >= 0.3 is 0 Å². The van der Waals surface area contributed by atoms with Gasteiger partial charge in [0.05, 0.1) is 12.1 Å². The molecule has 1 amide bonds. The Kier molecular flexibility index (Phi) is 4.46. The highest BCUT2D eigenvalue weighted by Gasteiger charge is 2.12. The predicted octanol–water partition coefficient (Wildman–Crippen LogP) is 0.901. The van der Waals surface area contributed by atoms with Crippen molar-refractivity contribution in [2.45, 2.75) is 13.8 Å². The molecule has 1 rings (SSSR count). The molecule has 0 aliphatic heterocycles. The predicted molar refractivity (Wildman–Crippen MR) is 65.2 cm³/mol. The number of pyridine rings is 1. The largest absolute Gasteiger partial charge is 0.368 e. The van der Waals surface area contributed by atoms with Crippen LogP contribution in [0.15, 0.2) is 18.3 Å². The van der Waals surface area contributed by atoms with Gasteiger partial charge in [-0.25, -0.2) is 4.98 Å². The number of hydrogen-bond acceptors (Lipinski definition) is 4. The van der Waals surface area contributed by atoms with Gasteiger partial charge in [-0.1, -0.05) is 13.8 Å². The van der Waals surface area contributed by atoms with Gasteiger partial charge in [-0.3, -0.25) is 4.79 Å². The Balaban J connectivity index is 2.87. The Morgan fingerprint density at radius 1 is 1.59 bits per heavy atom. The van der Waals surface area contributed by atoms with E-state index in [1.165, 1.54) is 6.20 Å². The topological polar surface area (TPSA) is 83.0 Å². The van der Waals surface area contributed by atoms with E-state index in [-0.39, 0.29) is 6.54 Å². The summed E-state index contributed by atoms with van der Waals surface area (Å²) in [6.45, 7) is 4.94. The zero-order valence-electron chi connectivity index (χ0n) is 10.1. The second-order valence-electron chi connectivity index (χ2n) is 4.26. The molecule has 0 spiro atoms. The van der Waals surface area contributed by atoms with Crippen molar-refractivity contribution in [2.75, 3.05) is 18.0 Å². The van der Waals surface area contributed by atoms with E-state index >= 15 is 0 Å². The molecule has 0 unspecified atom stereocenters. The molecule has 1 heterocycles.